The molecule has 0 amide bonds. The molecule has 4 nitrogen and oxygen atoms in total. The van der Waals surface area contributed by atoms with Gasteiger partial charge in [0.2, 0.25) is 0 Å². The first kappa shape index (κ1) is 14.1. The fourth-order valence-corrected chi connectivity index (χ4v) is 3.24. The second-order valence-electron chi connectivity index (χ2n) is 6.31. The van der Waals surface area contributed by atoms with Gasteiger partial charge in [0.15, 0.2) is 0 Å². The first-order chi connectivity index (χ1) is 10.3. The van der Waals surface area contributed by atoms with Crippen LogP contribution in [0, 0.1) is 11.8 Å². The highest BCUT2D eigenvalue weighted by atomic mass is 15.3. The SMILES string of the molecule is CC1CCCC(CNc2ccc(Cn3cncn3)cc2)C1. The van der Waals surface area contributed by atoms with E-state index in [1.54, 1.807) is 12.7 Å². The molecule has 1 fully saturated rings. The number of aromatic nitrogens is 3. The van der Waals surface area contributed by atoms with Gasteiger partial charge in [-0.1, -0.05) is 31.9 Å². The van der Waals surface area contributed by atoms with Gasteiger partial charge in [-0.15, -0.1) is 0 Å². The Hall–Kier alpha value is -1.84. The van der Waals surface area contributed by atoms with Crippen molar-refractivity contribution in [2.24, 2.45) is 11.8 Å². The van der Waals surface area contributed by atoms with Crippen molar-refractivity contribution >= 4 is 5.69 Å². The summed E-state index contributed by atoms with van der Waals surface area (Å²) in [6, 6.07) is 8.65. The molecule has 2 atom stereocenters. The molecule has 1 saturated carbocycles. The van der Waals surface area contributed by atoms with Crippen molar-refractivity contribution in [2.75, 3.05) is 11.9 Å². The van der Waals surface area contributed by atoms with E-state index in [0.717, 1.165) is 24.9 Å². The minimum absolute atomic E-state index is 0.778. The van der Waals surface area contributed by atoms with Crippen LogP contribution in [0.2, 0.25) is 0 Å². The molecule has 1 heterocycles. The summed E-state index contributed by atoms with van der Waals surface area (Å²) in [5.74, 6) is 1.74. The van der Waals surface area contributed by atoms with E-state index in [1.165, 1.54) is 36.9 Å². The molecule has 1 aliphatic carbocycles. The Morgan fingerprint density at radius 2 is 2.10 bits per heavy atom. The average molecular weight is 284 g/mol. The smallest absolute Gasteiger partial charge is 0.137 e. The van der Waals surface area contributed by atoms with Crippen LogP contribution in [0.25, 0.3) is 0 Å². The van der Waals surface area contributed by atoms with Gasteiger partial charge >= 0.3 is 0 Å². The number of rotatable bonds is 5. The van der Waals surface area contributed by atoms with Crippen molar-refractivity contribution in [3.05, 3.63) is 42.5 Å². The van der Waals surface area contributed by atoms with Crippen LogP contribution in [0.1, 0.15) is 38.2 Å². The van der Waals surface area contributed by atoms with Crippen LogP contribution in [0.3, 0.4) is 0 Å². The van der Waals surface area contributed by atoms with Gasteiger partial charge in [-0.3, -0.25) is 0 Å². The summed E-state index contributed by atoms with van der Waals surface area (Å²) < 4.78 is 1.84. The summed E-state index contributed by atoms with van der Waals surface area (Å²) in [7, 11) is 0. The summed E-state index contributed by atoms with van der Waals surface area (Å²) in [5.41, 5.74) is 2.47. The Bertz CT molecular complexity index is 532. The Kier molecular flexibility index (Phi) is 4.53. The quantitative estimate of drug-likeness (QED) is 0.913. The van der Waals surface area contributed by atoms with Crippen LogP contribution in [0.15, 0.2) is 36.9 Å². The molecule has 3 rings (SSSR count). The molecule has 21 heavy (non-hydrogen) atoms. The van der Waals surface area contributed by atoms with Crippen molar-refractivity contribution in [3.8, 4) is 0 Å². The first-order valence-corrected chi connectivity index (χ1v) is 7.95. The highest BCUT2D eigenvalue weighted by Crippen LogP contribution is 2.28. The van der Waals surface area contributed by atoms with Gasteiger partial charge in [-0.05, 0) is 42.4 Å². The van der Waals surface area contributed by atoms with Crippen LogP contribution in [-0.2, 0) is 6.54 Å². The maximum Gasteiger partial charge on any atom is 0.137 e. The lowest BCUT2D eigenvalue weighted by molar-refractivity contribution is 0.293. The number of nitrogens with one attached hydrogen (secondary N) is 1. The van der Waals surface area contributed by atoms with E-state index in [2.05, 4.69) is 46.6 Å². The molecule has 0 bridgehead atoms. The van der Waals surface area contributed by atoms with Crippen LogP contribution in [0.5, 0.6) is 0 Å². The molecule has 1 N–H and O–H groups in total. The van der Waals surface area contributed by atoms with Crippen LogP contribution in [-0.4, -0.2) is 21.3 Å². The highest BCUT2D eigenvalue weighted by molar-refractivity contribution is 5.44. The molecule has 1 aromatic heterocycles. The molecular weight excluding hydrogens is 260 g/mol. The van der Waals surface area contributed by atoms with E-state index in [4.69, 9.17) is 0 Å². The molecule has 2 aromatic rings. The van der Waals surface area contributed by atoms with E-state index < -0.39 is 0 Å². The van der Waals surface area contributed by atoms with Crippen molar-refractivity contribution in [1.82, 2.24) is 14.8 Å². The highest BCUT2D eigenvalue weighted by Gasteiger charge is 2.18. The normalized spacial score (nSPS) is 22.1. The lowest BCUT2D eigenvalue weighted by atomic mass is 9.82. The van der Waals surface area contributed by atoms with Crippen molar-refractivity contribution in [1.29, 1.82) is 0 Å². The van der Waals surface area contributed by atoms with E-state index in [-0.39, 0.29) is 0 Å². The van der Waals surface area contributed by atoms with Gasteiger partial charge in [-0.25, -0.2) is 9.67 Å². The molecule has 2 unspecified atom stereocenters. The van der Waals surface area contributed by atoms with Gasteiger partial charge in [0, 0.05) is 12.2 Å². The lowest BCUT2D eigenvalue weighted by Gasteiger charge is -2.27. The van der Waals surface area contributed by atoms with E-state index in [1.807, 2.05) is 4.68 Å². The third-order valence-corrected chi connectivity index (χ3v) is 4.40. The zero-order valence-corrected chi connectivity index (χ0v) is 12.7. The second-order valence-corrected chi connectivity index (χ2v) is 6.31. The zero-order valence-electron chi connectivity index (χ0n) is 12.7. The van der Waals surface area contributed by atoms with Crippen molar-refractivity contribution in [3.63, 3.8) is 0 Å². The fourth-order valence-electron chi connectivity index (χ4n) is 3.24. The number of benzene rings is 1. The minimum atomic E-state index is 0.778. The second kappa shape index (κ2) is 6.74. The molecule has 112 valence electrons. The maximum absolute atomic E-state index is 4.13. The largest absolute Gasteiger partial charge is 0.385 e. The van der Waals surface area contributed by atoms with Gasteiger partial charge in [0.05, 0.1) is 6.54 Å². The summed E-state index contributed by atoms with van der Waals surface area (Å²) in [4.78, 5) is 3.96. The molecule has 1 aliphatic rings. The van der Waals surface area contributed by atoms with Crippen molar-refractivity contribution in [2.45, 2.75) is 39.2 Å². The zero-order chi connectivity index (χ0) is 14.5. The lowest BCUT2D eigenvalue weighted by Crippen LogP contribution is -2.20. The maximum atomic E-state index is 4.13. The molecule has 0 saturated heterocycles. The number of nitrogens with zero attached hydrogens (tertiary/aromatic N) is 3. The number of hydrogen-bond acceptors (Lipinski definition) is 3. The van der Waals surface area contributed by atoms with Crippen molar-refractivity contribution < 1.29 is 0 Å². The molecular formula is C17H24N4. The number of anilines is 1. The van der Waals surface area contributed by atoms with Crippen LogP contribution >= 0.6 is 0 Å². The topological polar surface area (TPSA) is 42.7 Å². The van der Waals surface area contributed by atoms with Gasteiger partial charge in [-0.2, -0.15) is 5.10 Å². The average Bonchev–Trinajstić information content (AvgIpc) is 3.00. The Morgan fingerprint density at radius 1 is 1.24 bits per heavy atom. The Labute approximate surface area is 126 Å². The molecule has 4 heteroatoms. The Balaban J connectivity index is 1.50. The predicted molar refractivity (Wildman–Crippen MR) is 85.2 cm³/mol. The fraction of sp³-hybridized carbons (Fsp3) is 0.529. The molecule has 1 aromatic carbocycles. The molecule has 0 spiro atoms. The van der Waals surface area contributed by atoms with Crippen LogP contribution in [0.4, 0.5) is 5.69 Å². The monoisotopic (exact) mass is 284 g/mol. The summed E-state index contributed by atoms with van der Waals surface area (Å²) in [6.45, 7) is 4.26. The summed E-state index contributed by atoms with van der Waals surface area (Å²) in [6.07, 6.45) is 8.87. The molecule has 0 aliphatic heterocycles. The third kappa shape index (κ3) is 4.06. The Morgan fingerprint density at radius 3 is 2.81 bits per heavy atom. The van der Waals surface area contributed by atoms with Gasteiger partial charge < -0.3 is 5.32 Å². The standard InChI is InChI=1S/C17H24N4/c1-14-3-2-4-16(9-14)10-19-17-7-5-15(6-8-17)11-21-13-18-12-20-21/h5-8,12-14,16,19H,2-4,9-11H2,1H3. The summed E-state index contributed by atoms with van der Waals surface area (Å²) in [5, 5.41) is 7.71. The van der Waals surface area contributed by atoms with Gasteiger partial charge in [0.25, 0.3) is 0 Å². The predicted octanol–water partition coefficient (Wildman–Crippen LogP) is 3.56. The third-order valence-electron chi connectivity index (χ3n) is 4.40. The number of hydrogen-bond donors (Lipinski definition) is 1. The van der Waals surface area contributed by atoms with Crippen LogP contribution < -0.4 is 5.32 Å². The summed E-state index contributed by atoms with van der Waals surface area (Å²) >= 11 is 0. The van der Waals surface area contributed by atoms with E-state index >= 15 is 0 Å². The minimum Gasteiger partial charge on any atom is -0.385 e. The van der Waals surface area contributed by atoms with Gasteiger partial charge in [0.1, 0.15) is 12.7 Å². The van der Waals surface area contributed by atoms with E-state index in [0.29, 0.717) is 0 Å². The first-order valence-electron chi connectivity index (χ1n) is 7.95. The van der Waals surface area contributed by atoms with E-state index in [9.17, 15) is 0 Å². The molecule has 0 radical (unpaired) electrons.